The van der Waals surface area contributed by atoms with Crippen molar-refractivity contribution in [2.45, 2.75) is 38.8 Å². The minimum atomic E-state index is -0.557. The van der Waals surface area contributed by atoms with Crippen molar-refractivity contribution in [3.05, 3.63) is 41.7 Å². The predicted octanol–water partition coefficient (Wildman–Crippen LogP) is 2.01. The van der Waals surface area contributed by atoms with Gasteiger partial charge in [0.15, 0.2) is 5.82 Å². The molecule has 0 saturated heterocycles. The van der Waals surface area contributed by atoms with Gasteiger partial charge < -0.3 is 10.1 Å². The fourth-order valence-corrected chi connectivity index (χ4v) is 1.82. The number of carbonyl (C=O) groups excluding carboxylic acids is 1. The number of ether oxygens (including phenoxy) is 1. The van der Waals surface area contributed by atoms with Gasteiger partial charge in [-0.15, -0.1) is 10.2 Å². The number of carbonyl (C=O) groups is 1. The van der Waals surface area contributed by atoms with Crippen LogP contribution >= 0.6 is 0 Å². The number of benzene rings is 1. The molecule has 1 aromatic heterocycles. The van der Waals surface area contributed by atoms with Crippen molar-refractivity contribution in [3.8, 4) is 0 Å². The monoisotopic (exact) mass is 289 g/mol. The molecule has 2 aromatic rings. The van der Waals surface area contributed by atoms with Gasteiger partial charge in [0.1, 0.15) is 11.6 Å². The van der Waals surface area contributed by atoms with Crippen LogP contribution < -0.4 is 5.32 Å². The number of nitrogens with zero attached hydrogens (tertiary/aromatic N) is 3. The average molecular weight is 289 g/mol. The van der Waals surface area contributed by atoms with Crippen LogP contribution in [0.2, 0.25) is 0 Å². The van der Waals surface area contributed by atoms with E-state index in [9.17, 15) is 4.79 Å². The first-order valence-electron chi connectivity index (χ1n) is 6.71. The summed E-state index contributed by atoms with van der Waals surface area (Å²) in [6.07, 6.45) is 0.0489. The van der Waals surface area contributed by atoms with Crippen molar-refractivity contribution in [1.82, 2.24) is 25.9 Å². The molecule has 2 N–H and O–H groups in total. The third-order valence-corrected chi connectivity index (χ3v) is 2.65. The molecule has 1 amide bonds. The summed E-state index contributed by atoms with van der Waals surface area (Å²) in [7, 11) is 0. The van der Waals surface area contributed by atoms with Gasteiger partial charge in [0.05, 0.1) is 0 Å². The van der Waals surface area contributed by atoms with Gasteiger partial charge in [0.25, 0.3) is 0 Å². The van der Waals surface area contributed by atoms with Gasteiger partial charge >= 0.3 is 6.09 Å². The molecule has 1 aromatic carbocycles. The van der Waals surface area contributed by atoms with Crippen molar-refractivity contribution < 1.29 is 9.53 Å². The smallest absolute Gasteiger partial charge is 0.408 e. The normalized spacial score (nSPS) is 12.7. The van der Waals surface area contributed by atoms with Gasteiger partial charge in [-0.2, -0.15) is 5.21 Å². The van der Waals surface area contributed by atoms with E-state index >= 15 is 0 Å². The van der Waals surface area contributed by atoms with E-state index in [2.05, 4.69) is 25.9 Å². The number of tetrazole rings is 1. The Morgan fingerprint density at radius 2 is 2.05 bits per heavy atom. The van der Waals surface area contributed by atoms with E-state index in [1.54, 1.807) is 0 Å². The molecule has 21 heavy (non-hydrogen) atoms. The van der Waals surface area contributed by atoms with Crippen LogP contribution in [0.25, 0.3) is 0 Å². The number of alkyl carbamates (subject to hydrolysis) is 1. The molecule has 1 unspecified atom stereocenters. The van der Waals surface area contributed by atoms with Gasteiger partial charge in [0.2, 0.25) is 0 Å². The van der Waals surface area contributed by atoms with Crippen LogP contribution in [-0.4, -0.2) is 32.3 Å². The summed E-state index contributed by atoms with van der Waals surface area (Å²) in [5.74, 6) is 0.421. The lowest BCUT2D eigenvalue weighted by molar-refractivity contribution is 0.0501. The Kier molecular flexibility index (Phi) is 4.52. The molecule has 112 valence electrons. The number of H-pyrrole nitrogens is 1. The Balaban J connectivity index is 2.08. The minimum absolute atomic E-state index is 0.402. The van der Waals surface area contributed by atoms with Crippen molar-refractivity contribution in [2.24, 2.45) is 0 Å². The van der Waals surface area contributed by atoms with Crippen LogP contribution in [0.1, 0.15) is 38.2 Å². The van der Waals surface area contributed by atoms with Crippen LogP contribution in [0.4, 0.5) is 4.79 Å². The summed E-state index contributed by atoms with van der Waals surface area (Å²) in [6, 6.07) is 9.37. The zero-order chi connectivity index (χ0) is 15.3. The molecule has 0 radical (unpaired) electrons. The second-order valence-electron chi connectivity index (χ2n) is 5.66. The standard InChI is InChI=1S/C14H19N5O2/c1-14(2,3)21-13(20)15-11(12-16-18-19-17-12)9-10-7-5-4-6-8-10/h4-8,11H,9H2,1-3H3,(H,15,20)(H,16,17,18,19). The summed E-state index contributed by atoms with van der Waals surface area (Å²) in [6.45, 7) is 5.44. The molecular weight excluding hydrogens is 270 g/mol. The molecule has 0 spiro atoms. The van der Waals surface area contributed by atoms with E-state index in [0.717, 1.165) is 5.56 Å². The first kappa shape index (κ1) is 15.0. The lowest BCUT2D eigenvalue weighted by atomic mass is 10.1. The Morgan fingerprint density at radius 1 is 1.33 bits per heavy atom. The minimum Gasteiger partial charge on any atom is -0.444 e. The molecule has 0 aliphatic rings. The van der Waals surface area contributed by atoms with E-state index in [0.29, 0.717) is 12.2 Å². The first-order chi connectivity index (χ1) is 9.94. The van der Waals surface area contributed by atoms with E-state index in [-0.39, 0.29) is 0 Å². The molecule has 0 bridgehead atoms. The summed E-state index contributed by atoms with van der Waals surface area (Å²) < 4.78 is 5.27. The highest BCUT2D eigenvalue weighted by Crippen LogP contribution is 2.15. The van der Waals surface area contributed by atoms with Crippen LogP contribution in [0, 0.1) is 0 Å². The number of aromatic amines is 1. The second-order valence-corrected chi connectivity index (χ2v) is 5.66. The van der Waals surface area contributed by atoms with E-state index in [1.165, 1.54) is 0 Å². The second kappa shape index (κ2) is 6.34. The Morgan fingerprint density at radius 3 is 2.62 bits per heavy atom. The maximum Gasteiger partial charge on any atom is 0.408 e. The SMILES string of the molecule is CC(C)(C)OC(=O)NC(Cc1ccccc1)c1nn[nH]n1. The quantitative estimate of drug-likeness (QED) is 0.898. The van der Waals surface area contributed by atoms with Crippen LogP contribution in [-0.2, 0) is 11.2 Å². The highest BCUT2D eigenvalue weighted by Gasteiger charge is 2.23. The topological polar surface area (TPSA) is 92.8 Å². The molecule has 0 saturated carbocycles. The maximum atomic E-state index is 11.9. The fraction of sp³-hybridized carbons (Fsp3) is 0.429. The molecule has 7 heteroatoms. The average Bonchev–Trinajstić information content (AvgIpc) is 2.90. The van der Waals surface area contributed by atoms with Crippen LogP contribution in [0.3, 0.4) is 0 Å². The number of amides is 1. The predicted molar refractivity (Wildman–Crippen MR) is 76.4 cm³/mol. The lowest BCUT2D eigenvalue weighted by Gasteiger charge is -2.22. The molecular formula is C14H19N5O2. The summed E-state index contributed by atoms with van der Waals surface area (Å²) >= 11 is 0. The Labute approximate surface area is 123 Å². The molecule has 0 aliphatic heterocycles. The summed E-state index contributed by atoms with van der Waals surface area (Å²) in [5, 5.41) is 16.6. The highest BCUT2D eigenvalue weighted by atomic mass is 16.6. The van der Waals surface area contributed by atoms with E-state index < -0.39 is 17.7 Å². The fourth-order valence-electron chi connectivity index (χ4n) is 1.82. The molecule has 7 nitrogen and oxygen atoms in total. The zero-order valence-corrected chi connectivity index (χ0v) is 12.3. The molecule has 2 rings (SSSR count). The highest BCUT2D eigenvalue weighted by molar-refractivity contribution is 5.68. The number of rotatable bonds is 4. The van der Waals surface area contributed by atoms with Gasteiger partial charge in [-0.25, -0.2) is 4.79 Å². The van der Waals surface area contributed by atoms with Crippen molar-refractivity contribution in [3.63, 3.8) is 0 Å². The van der Waals surface area contributed by atoms with E-state index in [4.69, 9.17) is 4.74 Å². The Hall–Kier alpha value is -2.44. The zero-order valence-electron chi connectivity index (χ0n) is 12.3. The molecule has 0 aliphatic carbocycles. The number of nitrogens with one attached hydrogen (secondary N) is 2. The first-order valence-corrected chi connectivity index (χ1v) is 6.71. The largest absolute Gasteiger partial charge is 0.444 e. The molecule has 0 fully saturated rings. The van der Waals surface area contributed by atoms with E-state index in [1.807, 2.05) is 51.1 Å². The van der Waals surface area contributed by atoms with Crippen molar-refractivity contribution >= 4 is 6.09 Å². The number of aromatic nitrogens is 4. The van der Waals surface area contributed by atoms with Crippen molar-refractivity contribution in [1.29, 1.82) is 0 Å². The molecule has 1 atom stereocenters. The van der Waals surface area contributed by atoms with Crippen LogP contribution in [0.15, 0.2) is 30.3 Å². The van der Waals surface area contributed by atoms with Gasteiger partial charge in [-0.05, 0) is 26.3 Å². The third kappa shape index (κ3) is 4.87. The molecule has 1 heterocycles. The number of hydrogen-bond acceptors (Lipinski definition) is 5. The lowest BCUT2D eigenvalue weighted by Crippen LogP contribution is -2.36. The van der Waals surface area contributed by atoms with Crippen molar-refractivity contribution in [2.75, 3.05) is 0 Å². The maximum absolute atomic E-state index is 11.9. The van der Waals surface area contributed by atoms with Gasteiger partial charge in [-0.3, -0.25) is 0 Å². The van der Waals surface area contributed by atoms with Gasteiger partial charge in [0, 0.05) is 6.42 Å². The Bertz CT molecular complexity index is 563. The van der Waals surface area contributed by atoms with Crippen LogP contribution in [0.5, 0.6) is 0 Å². The third-order valence-electron chi connectivity index (χ3n) is 2.65. The van der Waals surface area contributed by atoms with Gasteiger partial charge in [-0.1, -0.05) is 35.5 Å². The summed E-state index contributed by atoms with van der Waals surface area (Å²) in [4.78, 5) is 11.9. The number of hydrogen-bond donors (Lipinski definition) is 2. The summed E-state index contributed by atoms with van der Waals surface area (Å²) in [5.41, 5.74) is 0.502.